The minimum absolute atomic E-state index is 0.269. The van der Waals surface area contributed by atoms with Crippen LogP contribution in [0.3, 0.4) is 0 Å². The second kappa shape index (κ2) is 8.90. The third-order valence-electron chi connectivity index (χ3n) is 5.09. The van der Waals surface area contributed by atoms with Crippen LogP contribution in [0.4, 0.5) is 5.00 Å². The third kappa shape index (κ3) is 4.35. The first kappa shape index (κ1) is 20.4. The number of ether oxygens (including phenoxy) is 1. The monoisotopic (exact) mass is 440 g/mol. The normalized spacial score (nSPS) is 12.8. The second-order valence-electron chi connectivity index (χ2n) is 7.15. The lowest BCUT2D eigenvalue weighted by Crippen LogP contribution is -2.18. The van der Waals surface area contributed by atoms with Crippen molar-refractivity contribution in [2.24, 2.45) is 5.73 Å². The molecule has 30 heavy (non-hydrogen) atoms. The Balaban J connectivity index is 1.45. The van der Waals surface area contributed by atoms with Crippen molar-refractivity contribution in [1.29, 1.82) is 0 Å². The van der Waals surface area contributed by atoms with Gasteiger partial charge in [0.2, 0.25) is 0 Å². The molecule has 2 amide bonds. The molecule has 0 radical (unpaired) electrons. The smallest absolute Gasteiger partial charge is 0.256 e. The first-order valence-electron chi connectivity index (χ1n) is 9.75. The highest BCUT2D eigenvalue weighted by atomic mass is 35.5. The maximum Gasteiger partial charge on any atom is 0.256 e. The minimum Gasteiger partial charge on any atom is -0.487 e. The molecule has 0 fully saturated rings. The minimum atomic E-state index is -0.489. The fourth-order valence-electron chi connectivity index (χ4n) is 3.57. The fraction of sp³-hybridized carbons (Fsp3) is 0.217. The van der Waals surface area contributed by atoms with Crippen LogP contribution in [0, 0.1) is 0 Å². The molecule has 0 aliphatic heterocycles. The van der Waals surface area contributed by atoms with Gasteiger partial charge in [-0.3, -0.25) is 9.59 Å². The molecule has 0 spiro atoms. The number of fused-ring (bicyclic) bond motifs is 1. The zero-order chi connectivity index (χ0) is 21.1. The highest BCUT2D eigenvalue weighted by molar-refractivity contribution is 7.17. The molecule has 3 aromatic rings. The summed E-state index contributed by atoms with van der Waals surface area (Å²) < 4.78 is 5.73. The standard InChI is InChI=1S/C23H21ClN2O3S/c24-17-6-2-3-7-18(17)29-13-14-9-11-15(12-10-14)22(28)26-23-20(21(25)27)16-5-1-4-8-19(16)30-23/h2-3,6-7,9-12H,1,4-5,8,13H2,(H2,25,27)(H,26,28). The SMILES string of the molecule is NC(=O)c1c(NC(=O)c2ccc(COc3ccccc3Cl)cc2)sc2c1CCCC2. The van der Waals surface area contributed by atoms with Gasteiger partial charge in [0.05, 0.1) is 10.6 Å². The predicted molar refractivity (Wildman–Crippen MR) is 120 cm³/mol. The summed E-state index contributed by atoms with van der Waals surface area (Å²) in [4.78, 5) is 25.9. The number of hydrogen-bond donors (Lipinski definition) is 2. The number of primary amides is 1. The third-order valence-corrected chi connectivity index (χ3v) is 6.61. The van der Waals surface area contributed by atoms with Crippen LogP contribution in [0.2, 0.25) is 5.02 Å². The highest BCUT2D eigenvalue weighted by Crippen LogP contribution is 2.38. The molecule has 0 bridgehead atoms. The largest absolute Gasteiger partial charge is 0.487 e. The van der Waals surface area contributed by atoms with Gasteiger partial charge in [-0.05, 0) is 61.1 Å². The summed E-state index contributed by atoms with van der Waals surface area (Å²) in [6.07, 6.45) is 3.89. The Bertz CT molecular complexity index is 1090. The Kier molecular flexibility index (Phi) is 6.06. The number of halogens is 1. The van der Waals surface area contributed by atoms with E-state index >= 15 is 0 Å². The fourth-order valence-corrected chi connectivity index (χ4v) is 5.05. The molecule has 1 heterocycles. The van der Waals surface area contributed by atoms with Crippen molar-refractivity contribution in [1.82, 2.24) is 0 Å². The van der Waals surface area contributed by atoms with Gasteiger partial charge in [0.15, 0.2) is 0 Å². The second-order valence-corrected chi connectivity index (χ2v) is 8.66. The van der Waals surface area contributed by atoms with Crippen LogP contribution < -0.4 is 15.8 Å². The number of carbonyl (C=O) groups is 2. The molecule has 1 aliphatic carbocycles. The summed E-state index contributed by atoms with van der Waals surface area (Å²) in [6.45, 7) is 0.342. The van der Waals surface area contributed by atoms with Crippen molar-refractivity contribution in [3.8, 4) is 5.75 Å². The lowest BCUT2D eigenvalue weighted by atomic mass is 9.95. The van der Waals surface area contributed by atoms with E-state index in [2.05, 4.69) is 5.32 Å². The van der Waals surface area contributed by atoms with Crippen LogP contribution >= 0.6 is 22.9 Å². The zero-order valence-corrected chi connectivity index (χ0v) is 17.8. The number of para-hydroxylation sites is 1. The van der Waals surface area contributed by atoms with Crippen LogP contribution in [0.5, 0.6) is 5.75 Å². The average Bonchev–Trinajstić information content (AvgIpc) is 3.11. The Morgan fingerprint density at radius 1 is 1.07 bits per heavy atom. The molecule has 5 nitrogen and oxygen atoms in total. The number of anilines is 1. The number of benzene rings is 2. The van der Waals surface area contributed by atoms with Crippen molar-refractivity contribution < 1.29 is 14.3 Å². The Hall–Kier alpha value is -2.83. The van der Waals surface area contributed by atoms with Crippen LogP contribution in [0.25, 0.3) is 0 Å². The van der Waals surface area contributed by atoms with E-state index in [1.165, 1.54) is 11.3 Å². The molecule has 3 N–H and O–H groups in total. The maximum atomic E-state index is 12.7. The van der Waals surface area contributed by atoms with E-state index in [0.717, 1.165) is 41.7 Å². The molecule has 154 valence electrons. The van der Waals surface area contributed by atoms with Crippen molar-refractivity contribution in [3.05, 3.63) is 80.7 Å². The molecular weight excluding hydrogens is 420 g/mol. The first-order chi connectivity index (χ1) is 14.5. The molecule has 7 heteroatoms. The lowest BCUT2D eigenvalue weighted by Gasteiger charge is -2.11. The number of nitrogens with one attached hydrogen (secondary N) is 1. The van der Waals surface area contributed by atoms with E-state index in [-0.39, 0.29) is 5.91 Å². The van der Waals surface area contributed by atoms with Gasteiger partial charge in [0.1, 0.15) is 17.4 Å². The molecule has 0 atom stereocenters. The van der Waals surface area contributed by atoms with Gasteiger partial charge in [-0.1, -0.05) is 35.9 Å². The van der Waals surface area contributed by atoms with E-state index in [4.69, 9.17) is 22.1 Å². The van der Waals surface area contributed by atoms with Gasteiger partial charge in [-0.2, -0.15) is 0 Å². The number of carbonyl (C=O) groups excluding carboxylic acids is 2. The molecule has 0 saturated carbocycles. The van der Waals surface area contributed by atoms with Crippen LogP contribution in [-0.2, 0) is 19.4 Å². The average molecular weight is 441 g/mol. The summed E-state index contributed by atoms with van der Waals surface area (Å²) in [6, 6.07) is 14.4. The van der Waals surface area contributed by atoms with E-state index in [9.17, 15) is 9.59 Å². The van der Waals surface area contributed by atoms with Gasteiger partial charge in [0, 0.05) is 10.4 Å². The summed E-state index contributed by atoms with van der Waals surface area (Å²) in [5.74, 6) is -0.145. The van der Waals surface area contributed by atoms with Crippen LogP contribution in [0.1, 0.15) is 49.6 Å². The van der Waals surface area contributed by atoms with E-state index < -0.39 is 5.91 Å². The van der Waals surface area contributed by atoms with Gasteiger partial charge in [-0.25, -0.2) is 0 Å². The summed E-state index contributed by atoms with van der Waals surface area (Å²) in [5, 5.41) is 3.98. The Labute approximate surface area is 183 Å². The van der Waals surface area contributed by atoms with Crippen molar-refractivity contribution in [2.45, 2.75) is 32.3 Å². The van der Waals surface area contributed by atoms with Crippen LogP contribution in [-0.4, -0.2) is 11.8 Å². The van der Waals surface area contributed by atoms with E-state index in [1.54, 1.807) is 24.3 Å². The molecular formula is C23H21ClN2O3S. The summed E-state index contributed by atoms with van der Waals surface area (Å²) in [7, 11) is 0. The first-order valence-corrected chi connectivity index (χ1v) is 10.9. The number of aryl methyl sites for hydroxylation is 1. The van der Waals surface area contributed by atoms with Crippen molar-refractivity contribution in [3.63, 3.8) is 0 Å². The molecule has 0 saturated heterocycles. The number of rotatable bonds is 6. The molecule has 1 aliphatic rings. The number of thiophene rings is 1. The van der Waals surface area contributed by atoms with Gasteiger partial charge in [0.25, 0.3) is 11.8 Å². The van der Waals surface area contributed by atoms with Crippen molar-refractivity contribution in [2.75, 3.05) is 5.32 Å². The van der Waals surface area contributed by atoms with Crippen molar-refractivity contribution >= 4 is 39.8 Å². The van der Waals surface area contributed by atoms with E-state index in [1.807, 2.05) is 24.3 Å². The van der Waals surface area contributed by atoms with Gasteiger partial charge in [-0.15, -0.1) is 11.3 Å². The highest BCUT2D eigenvalue weighted by Gasteiger charge is 2.25. The predicted octanol–water partition coefficient (Wildman–Crippen LogP) is 5.21. The molecule has 0 unspecified atom stereocenters. The maximum absolute atomic E-state index is 12.7. The Morgan fingerprint density at radius 3 is 2.53 bits per heavy atom. The summed E-state index contributed by atoms with van der Waals surface area (Å²) in [5.41, 5.74) is 8.48. The van der Waals surface area contributed by atoms with Gasteiger partial charge >= 0.3 is 0 Å². The topological polar surface area (TPSA) is 81.4 Å². The zero-order valence-electron chi connectivity index (χ0n) is 16.2. The number of hydrogen-bond acceptors (Lipinski definition) is 4. The summed E-state index contributed by atoms with van der Waals surface area (Å²) >= 11 is 7.56. The number of nitrogens with two attached hydrogens (primary N) is 1. The van der Waals surface area contributed by atoms with Gasteiger partial charge < -0.3 is 15.8 Å². The Morgan fingerprint density at radius 2 is 1.80 bits per heavy atom. The quantitative estimate of drug-likeness (QED) is 0.552. The number of amides is 2. The van der Waals surface area contributed by atoms with E-state index in [0.29, 0.717) is 33.5 Å². The molecule has 1 aromatic heterocycles. The molecule has 4 rings (SSSR count). The van der Waals surface area contributed by atoms with Crippen LogP contribution in [0.15, 0.2) is 48.5 Å². The lowest BCUT2D eigenvalue weighted by molar-refractivity contribution is 0.100. The molecule has 2 aromatic carbocycles.